The SMILES string of the molecule is CCOc1ccc(Nc2cc(C)nc(NCc3ccccc3)n2)cc1. The molecule has 5 heteroatoms. The zero-order valence-electron chi connectivity index (χ0n) is 14.5. The van der Waals surface area contributed by atoms with E-state index in [2.05, 4.69) is 32.7 Å². The summed E-state index contributed by atoms with van der Waals surface area (Å²) in [5.74, 6) is 2.22. The van der Waals surface area contributed by atoms with E-state index in [1.807, 2.05) is 62.4 Å². The highest BCUT2D eigenvalue weighted by molar-refractivity contribution is 5.58. The van der Waals surface area contributed by atoms with Crippen molar-refractivity contribution >= 4 is 17.5 Å². The number of aromatic nitrogens is 2. The molecule has 0 aliphatic rings. The third-order valence-corrected chi connectivity index (χ3v) is 3.59. The van der Waals surface area contributed by atoms with Gasteiger partial charge in [0.2, 0.25) is 5.95 Å². The Morgan fingerprint density at radius 1 is 0.960 bits per heavy atom. The van der Waals surface area contributed by atoms with Crippen LogP contribution in [0.25, 0.3) is 0 Å². The molecule has 0 radical (unpaired) electrons. The maximum atomic E-state index is 5.46. The Morgan fingerprint density at radius 3 is 2.44 bits per heavy atom. The van der Waals surface area contributed by atoms with Gasteiger partial charge in [-0.25, -0.2) is 4.98 Å². The number of nitrogens with one attached hydrogen (secondary N) is 2. The van der Waals surface area contributed by atoms with Crippen molar-refractivity contribution in [1.29, 1.82) is 0 Å². The molecule has 25 heavy (non-hydrogen) atoms. The maximum Gasteiger partial charge on any atom is 0.225 e. The number of rotatable bonds is 7. The summed E-state index contributed by atoms with van der Waals surface area (Å²) in [6.45, 7) is 5.28. The van der Waals surface area contributed by atoms with Crippen LogP contribution in [0.1, 0.15) is 18.2 Å². The molecule has 0 saturated carbocycles. The molecule has 3 aromatic rings. The first-order valence-electron chi connectivity index (χ1n) is 8.36. The molecule has 1 aromatic heterocycles. The molecule has 0 atom stereocenters. The second kappa shape index (κ2) is 8.15. The standard InChI is InChI=1S/C20H22N4O/c1-3-25-18-11-9-17(10-12-18)23-19-13-15(2)22-20(24-19)21-14-16-7-5-4-6-8-16/h4-13H,3,14H2,1-2H3,(H2,21,22,23,24). The largest absolute Gasteiger partial charge is 0.494 e. The van der Waals surface area contributed by atoms with Crippen LogP contribution in [0.5, 0.6) is 5.75 Å². The molecule has 0 spiro atoms. The lowest BCUT2D eigenvalue weighted by Crippen LogP contribution is -2.06. The molecule has 0 amide bonds. The first-order valence-corrected chi connectivity index (χ1v) is 8.36. The van der Waals surface area contributed by atoms with Crippen LogP contribution in [0, 0.1) is 6.92 Å². The van der Waals surface area contributed by atoms with E-state index in [0.29, 0.717) is 19.1 Å². The average Bonchev–Trinajstić information content (AvgIpc) is 2.62. The summed E-state index contributed by atoms with van der Waals surface area (Å²) >= 11 is 0. The maximum absolute atomic E-state index is 5.46. The number of ether oxygens (including phenoxy) is 1. The van der Waals surface area contributed by atoms with Crippen LogP contribution < -0.4 is 15.4 Å². The van der Waals surface area contributed by atoms with Crippen LogP contribution >= 0.6 is 0 Å². The van der Waals surface area contributed by atoms with Gasteiger partial charge in [0, 0.05) is 24.0 Å². The fourth-order valence-corrected chi connectivity index (χ4v) is 2.44. The average molecular weight is 334 g/mol. The van der Waals surface area contributed by atoms with Crippen molar-refractivity contribution in [2.45, 2.75) is 20.4 Å². The number of hydrogen-bond donors (Lipinski definition) is 2. The smallest absolute Gasteiger partial charge is 0.225 e. The Labute approximate surface area is 148 Å². The zero-order valence-corrected chi connectivity index (χ0v) is 14.5. The van der Waals surface area contributed by atoms with Crippen LogP contribution in [0.15, 0.2) is 60.7 Å². The second-order valence-corrected chi connectivity index (χ2v) is 5.64. The predicted molar refractivity (Wildman–Crippen MR) is 101 cm³/mol. The van der Waals surface area contributed by atoms with Gasteiger partial charge in [0.1, 0.15) is 11.6 Å². The lowest BCUT2D eigenvalue weighted by Gasteiger charge is -2.11. The van der Waals surface area contributed by atoms with Gasteiger partial charge in [-0.3, -0.25) is 0 Å². The molecule has 128 valence electrons. The first-order chi connectivity index (χ1) is 12.2. The number of benzene rings is 2. The van der Waals surface area contributed by atoms with Crippen molar-refractivity contribution in [3.63, 3.8) is 0 Å². The molecule has 2 N–H and O–H groups in total. The molecule has 1 heterocycles. The minimum atomic E-state index is 0.609. The third kappa shape index (κ3) is 4.94. The van der Waals surface area contributed by atoms with E-state index in [1.165, 1.54) is 5.56 Å². The third-order valence-electron chi connectivity index (χ3n) is 3.59. The fraction of sp³-hybridized carbons (Fsp3) is 0.200. The van der Waals surface area contributed by atoms with Gasteiger partial charge in [0.05, 0.1) is 6.61 Å². The molecule has 2 aromatic carbocycles. The molecule has 0 bridgehead atoms. The van der Waals surface area contributed by atoms with Gasteiger partial charge in [0.15, 0.2) is 0 Å². The topological polar surface area (TPSA) is 59.1 Å². The van der Waals surface area contributed by atoms with E-state index < -0.39 is 0 Å². The highest BCUT2D eigenvalue weighted by atomic mass is 16.5. The summed E-state index contributed by atoms with van der Waals surface area (Å²) in [5.41, 5.74) is 3.04. The highest BCUT2D eigenvalue weighted by Crippen LogP contribution is 2.20. The van der Waals surface area contributed by atoms with Crippen molar-refractivity contribution in [2.24, 2.45) is 0 Å². The molecule has 0 aliphatic heterocycles. The van der Waals surface area contributed by atoms with Gasteiger partial charge in [-0.05, 0) is 43.7 Å². The van der Waals surface area contributed by atoms with Crippen molar-refractivity contribution in [3.05, 3.63) is 71.9 Å². The lowest BCUT2D eigenvalue weighted by atomic mass is 10.2. The summed E-state index contributed by atoms with van der Waals surface area (Å²) in [5, 5.41) is 6.58. The molecule has 0 aliphatic carbocycles. The van der Waals surface area contributed by atoms with Crippen LogP contribution in [0.3, 0.4) is 0 Å². The molecule has 5 nitrogen and oxygen atoms in total. The van der Waals surface area contributed by atoms with Crippen LogP contribution in [0.2, 0.25) is 0 Å². The van der Waals surface area contributed by atoms with E-state index in [1.54, 1.807) is 0 Å². The van der Waals surface area contributed by atoms with E-state index >= 15 is 0 Å². The Balaban J connectivity index is 1.68. The lowest BCUT2D eigenvalue weighted by molar-refractivity contribution is 0.340. The van der Waals surface area contributed by atoms with E-state index in [0.717, 1.165) is 22.9 Å². The van der Waals surface area contributed by atoms with E-state index in [4.69, 9.17) is 4.74 Å². The molecule has 0 saturated heterocycles. The van der Waals surface area contributed by atoms with Gasteiger partial charge in [-0.15, -0.1) is 0 Å². The second-order valence-electron chi connectivity index (χ2n) is 5.64. The Kier molecular flexibility index (Phi) is 5.46. The summed E-state index contributed by atoms with van der Waals surface area (Å²) in [4.78, 5) is 8.98. The van der Waals surface area contributed by atoms with Crippen molar-refractivity contribution < 1.29 is 4.74 Å². The van der Waals surface area contributed by atoms with Gasteiger partial charge in [-0.2, -0.15) is 4.98 Å². The predicted octanol–water partition coefficient (Wildman–Crippen LogP) is 4.54. The van der Waals surface area contributed by atoms with Crippen LogP contribution in [-0.4, -0.2) is 16.6 Å². The molecule has 0 fully saturated rings. The number of anilines is 3. The molecular formula is C20H22N4O. The highest BCUT2D eigenvalue weighted by Gasteiger charge is 2.03. The summed E-state index contributed by atoms with van der Waals surface area (Å²) in [6.07, 6.45) is 0. The monoisotopic (exact) mass is 334 g/mol. The summed E-state index contributed by atoms with van der Waals surface area (Å²) in [7, 11) is 0. The Hall–Kier alpha value is -3.08. The van der Waals surface area contributed by atoms with Crippen molar-refractivity contribution in [3.8, 4) is 5.75 Å². The van der Waals surface area contributed by atoms with Crippen LogP contribution in [0.4, 0.5) is 17.5 Å². The molecular weight excluding hydrogens is 312 g/mol. The van der Waals surface area contributed by atoms with E-state index in [9.17, 15) is 0 Å². The number of hydrogen-bond acceptors (Lipinski definition) is 5. The number of aryl methyl sites for hydroxylation is 1. The molecule has 3 rings (SSSR count). The summed E-state index contributed by atoms with van der Waals surface area (Å²) in [6, 6.07) is 19.9. The van der Waals surface area contributed by atoms with Gasteiger partial charge in [-0.1, -0.05) is 30.3 Å². The minimum Gasteiger partial charge on any atom is -0.494 e. The number of nitrogens with zero attached hydrogens (tertiary/aromatic N) is 2. The minimum absolute atomic E-state index is 0.609. The Bertz CT molecular complexity index is 804. The van der Waals surface area contributed by atoms with E-state index in [-0.39, 0.29) is 0 Å². The first kappa shape index (κ1) is 16.8. The van der Waals surface area contributed by atoms with Crippen molar-refractivity contribution in [2.75, 3.05) is 17.2 Å². The van der Waals surface area contributed by atoms with Crippen LogP contribution in [-0.2, 0) is 6.54 Å². The van der Waals surface area contributed by atoms with Gasteiger partial charge in [0.25, 0.3) is 0 Å². The van der Waals surface area contributed by atoms with Gasteiger partial charge < -0.3 is 15.4 Å². The van der Waals surface area contributed by atoms with Gasteiger partial charge >= 0.3 is 0 Å². The normalized spacial score (nSPS) is 10.3. The van der Waals surface area contributed by atoms with Crippen molar-refractivity contribution in [1.82, 2.24) is 9.97 Å². The summed E-state index contributed by atoms with van der Waals surface area (Å²) < 4.78 is 5.46. The quantitative estimate of drug-likeness (QED) is 0.664. The molecule has 0 unspecified atom stereocenters. The fourth-order valence-electron chi connectivity index (χ4n) is 2.44. The zero-order chi connectivity index (χ0) is 17.5. The Morgan fingerprint density at radius 2 is 1.72 bits per heavy atom.